The molecule has 2 N–H and O–H groups in total. The summed E-state index contributed by atoms with van der Waals surface area (Å²) in [6.45, 7) is 16.4. The molecule has 2 aliphatic heterocycles. The van der Waals surface area contributed by atoms with Crippen LogP contribution in [-0.2, 0) is 43.2 Å². The third-order valence-corrected chi connectivity index (χ3v) is 13.8. The van der Waals surface area contributed by atoms with Crippen LogP contribution in [0.25, 0.3) is 33.4 Å². The van der Waals surface area contributed by atoms with Gasteiger partial charge in [-0.2, -0.15) is 0 Å². The van der Waals surface area contributed by atoms with Crippen LogP contribution in [0.3, 0.4) is 0 Å². The molecule has 3 aromatic heterocycles. The van der Waals surface area contributed by atoms with E-state index < -0.39 is 11.3 Å². The number of carbonyl (C=O) groups excluding carboxylic acids is 4. The minimum absolute atomic E-state index is 0.103. The van der Waals surface area contributed by atoms with Crippen LogP contribution in [0.15, 0.2) is 41.9 Å². The molecule has 2 radical (unpaired) electrons. The molecule has 2 fully saturated rings. The van der Waals surface area contributed by atoms with Gasteiger partial charge in [0.2, 0.25) is 5.91 Å². The van der Waals surface area contributed by atoms with E-state index in [1.807, 2.05) is 37.1 Å². The number of amides is 4. The van der Waals surface area contributed by atoms with Crippen molar-refractivity contribution in [2.45, 2.75) is 109 Å². The first kappa shape index (κ1) is 50.3. The molecule has 3 atom stereocenters. The number of nitrogens with one attached hydrogen (secondary N) is 2. The number of methoxy groups -OCH3 is 1. The minimum atomic E-state index is -0.868. The zero-order chi connectivity index (χ0) is 45.8. The van der Waals surface area contributed by atoms with E-state index in [0.717, 1.165) is 83.4 Å². The van der Waals surface area contributed by atoms with Gasteiger partial charge < -0.3 is 24.3 Å². The number of aromatic nitrogens is 3. The number of likely N-dealkylation sites (tertiary alicyclic amines) is 1. The number of hydrogen-bond donors (Lipinski definition) is 2. The Morgan fingerprint density at radius 3 is 2.48 bits per heavy atom. The van der Waals surface area contributed by atoms with Crippen molar-refractivity contribution in [3.63, 3.8) is 0 Å². The number of aryl methyl sites for hydroxylation is 1. The van der Waals surface area contributed by atoms with Crippen LogP contribution in [-0.4, -0.2) is 134 Å². The average Bonchev–Trinajstić information content (AvgIpc) is 4.07. The molecule has 2 saturated heterocycles. The molecule has 342 valence electrons. The van der Waals surface area contributed by atoms with E-state index >= 15 is 0 Å². The van der Waals surface area contributed by atoms with Gasteiger partial charge in [-0.3, -0.25) is 28.7 Å². The van der Waals surface area contributed by atoms with Crippen LogP contribution in [0, 0.1) is 11.3 Å². The van der Waals surface area contributed by atoms with Crippen molar-refractivity contribution in [3.8, 4) is 22.5 Å². The molecule has 0 bridgehead atoms. The molecule has 14 nitrogen and oxygen atoms in total. The topological polar surface area (TPSA) is 151 Å². The first-order valence-corrected chi connectivity index (χ1v) is 26.2. The molecule has 4 aromatic rings. The number of hydrogen-bond acceptors (Lipinski definition) is 11. The Bertz CT molecular complexity index is 2170. The summed E-state index contributed by atoms with van der Waals surface area (Å²) in [6.07, 6.45) is 6.17. The van der Waals surface area contributed by atoms with E-state index in [9.17, 15) is 19.2 Å². The molecule has 3 unspecified atom stereocenters. The summed E-state index contributed by atoms with van der Waals surface area (Å²) in [7, 11) is 3.40. The molecular weight excluding hydrogens is 946 g/mol. The molecule has 0 aliphatic carbocycles. The fourth-order valence-corrected chi connectivity index (χ4v) is 10.1. The van der Waals surface area contributed by atoms with Crippen LogP contribution in [0.5, 0.6) is 0 Å². The second-order valence-electron chi connectivity index (χ2n) is 17.1. The number of benzene rings is 1. The summed E-state index contributed by atoms with van der Waals surface area (Å²) >= 11 is 4.42. The van der Waals surface area contributed by atoms with Gasteiger partial charge in [0.25, 0.3) is 12.4 Å². The Hall–Kier alpha value is -3.69. The normalized spacial score (nSPS) is 15.7. The number of carbonyl (C=O) groups is 4. The molecule has 17 heteroatoms. The van der Waals surface area contributed by atoms with Gasteiger partial charge in [-0.1, -0.05) is 33.8 Å². The molecule has 1 aromatic carbocycles. The number of nitrogens with zero attached hydrogens (tertiary/aromatic N) is 6. The van der Waals surface area contributed by atoms with E-state index in [1.165, 1.54) is 23.3 Å². The maximum atomic E-state index is 14.1. The summed E-state index contributed by atoms with van der Waals surface area (Å²) in [5.41, 5.74) is 9.56. The van der Waals surface area contributed by atoms with Crippen LogP contribution < -0.4 is 10.7 Å². The summed E-state index contributed by atoms with van der Waals surface area (Å²) in [5, 5.41) is 7.91. The SMILES string of the molecule is CCn1c(-c2cccnc2C(C)OC)c(CC(C)(C)COC=O)c2cc(-c3csc(CC(NC(=O)C(SN(C)C(=O)N4CCCC4)C(C)C)C(=O)N4CCCCN4)n3)ccc21.[CH3][Sb]. The Morgan fingerprint density at radius 2 is 1.83 bits per heavy atom. The van der Waals surface area contributed by atoms with Gasteiger partial charge in [0, 0.05) is 92.3 Å². The summed E-state index contributed by atoms with van der Waals surface area (Å²) < 4.78 is 15.0. The van der Waals surface area contributed by atoms with E-state index in [-0.39, 0.29) is 48.3 Å². The third-order valence-electron chi connectivity index (χ3n) is 11.5. The monoisotopic (exact) mass is 1010 g/mol. The number of fused-ring (bicyclic) bond motifs is 1. The van der Waals surface area contributed by atoms with E-state index in [0.29, 0.717) is 37.5 Å². The van der Waals surface area contributed by atoms with E-state index in [4.69, 9.17) is 19.4 Å². The zero-order valence-electron chi connectivity index (χ0n) is 38.3. The Kier molecular flexibility index (Phi) is 18.8. The van der Waals surface area contributed by atoms with Gasteiger partial charge in [-0.15, -0.1) is 11.3 Å². The Balaban J connectivity index is 0.00000369. The second kappa shape index (κ2) is 23.5. The summed E-state index contributed by atoms with van der Waals surface area (Å²) in [4.78, 5) is 66.4. The van der Waals surface area contributed by atoms with E-state index in [1.54, 1.807) is 52.7 Å². The first-order valence-electron chi connectivity index (χ1n) is 21.9. The molecule has 4 amide bonds. The van der Waals surface area contributed by atoms with Gasteiger partial charge in [0.05, 0.1) is 34.8 Å². The number of thiazole rings is 1. The number of ether oxygens (including phenoxy) is 2. The van der Waals surface area contributed by atoms with Crippen LogP contribution in [0.4, 0.5) is 4.79 Å². The van der Waals surface area contributed by atoms with Crippen molar-refractivity contribution in [3.05, 3.63) is 58.2 Å². The number of hydrazine groups is 1. The number of rotatable bonds is 18. The number of pyridine rings is 1. The van der Waals surface area contributed by atoms with Crippen LogP contribution in [0.2, 0.25) is 4.87 Å². The quantitative estimate of drug-likeness (QED) is 0.0584. The van der Waals surface area contributed by atoms with Gasteiger partial charge in [-0.25, -0.2) is 15.2 Å². The number of urea groups is 1. The van der Waals surface area contributed by atoms with Gasteiger partial charge in [0.1, 0.15) is 11.3 Å². The van der Waals surface area contributed by atoms with Crippen LogP contribution >= 0.6 is 23.3 Å². The molecular formula is C46H65N8O6S2Sb. The van der Waals surface area contributed by atoms with Crippen LogP contribution in [0.1, 0.15) is 89.6 Å². The first-order chi connectivity index (χ1) is 30.3. The van der Waals surface area contributed by atoms with Crippen molar-refractivity contribution < 1.29 is 28.7 Å². The zero-order valence-corrected chi connectivity index (χ0v) is 42.5. The fourth-order valence-electron chi connectivity index (χ4n) is 8.27. The van der Waals surface area contributed by atoms with Crippen molar-refractivity contribution in [1.29, 1.82) is 0 Å². The second-order valence-corrected chi connectivity index (χ2v) is 19.3. The predicted octanol–water partition coefficient (Wildman–Crippen LogP) is 7.47. The molecule has 63 heavy (non-hydrogen) atoms. The predicted molar refractivity (Wildman–Crippen MR) is 253 cm³/mol. The van der Waals surface area contributed by atoms with Gasteiger partial charge >= 0.3 is 33.9 Å². The molecule has 0 saturated carbocycles. The van der Waals surface area contributed by atoms with Crippen molar-refractivity contribution in [2.24, 2.45) is 11.3 Å². The van der Waals surface area contributed by atoms with Crippen molar-refractivity contribution in [1.82, 2.24) is 39.5 Å². The van der Waals surface area contributed by atoms with Gasteiger partial charge in [0.15, 0.2) is 0 Å². The van der Waals surface area contributed by atoms with Crippen molar-refractivity contribution in [2.75, 3.05) is 46.9 Å². The third kappa shape index (κ3) is 12.4. The summed E-state index contributed by atoms with van der Waals surface area (Å²) in [5.74, 6) is -0.606. The van der Waals surface area contributed by atoms with Crippen molar-refractivity contribution >= 4 is 81.5 Å². The molecule has 6 rings (SSSR count). The maximum absolute atomic E-state index is 14.1. The Labute approximate surface area is 395 Å². The molecule has 5 heterocycles. The van der Waals surface area contributed by atoms with Gasteiger partial charge in [-0.05, 0) is 93.6 Å². The summed E-state index contributed by atoms with van der Waals surface area (Å²) in [6, 6.07) is 9.46. The fraction of sp³-hybridized carbons (Fsp3) is 0.565. The Morgan fingerprint density at radius 1 is 1.10 bits per heavy atom. The average molecular weight is 1010 g/mol. The standard InChI is InChI=1S/C45H62N8O6S2.CH3.Sb/c1-9-52-37-17-16-31(23-33(37)34(25-45(5,6)27-59-28-54)40(52)32-15-14-18-46-39(32)30(4)58-8)36-26-60-38(48-36)24-35(43(56)53-22-11-10-19-47-53)49-42(55)41(29(2)3)61-50(7)44(57)51-20-12-13-21-51;;/h14-18,23,26,28-30,35,41,47H,9-13,19-22,24-25,27H2,1-8H3,(H,49,55);1H3;. The van der Waals surface area contributed by atoms with E-state index in [2.05, 4.69) is 65.2 Å². The molecule has 0 spiro atoms. The molecule has 2 aliphatic rings.